The molecule has 1 N–H and O–H groups in total. The monoisotopic (exact) mass is 164 g/mol. The first-order valence-corrected chi connectivity index (χ1v) is 3.82. The molecule has 1 rings (SSSR count). The predicted molar refractivity (Wildman–Crippen MR) is 48.2 cm³/mol. The van der Waals surface area contributed by atoms with Crippen molar-refractivity contribution in [3.63, 3.8) is 0 Å². The van der Waals surface area contributed by atoms with E-state index in [-0.39, 0.29) is 5.56 Å². The Morgan fingerprint density at radius 2 is 2.25 bits per heavy atom. The van der Waals surface area contributed by atoms with Gasteiger partial charge in [-0.15, -0.1) is 6.58 Å². The molecule has 0 aliphatic heterocycles. The number of H-pyrrole nitrogens is 1. The number of allylic oxidation sites excluding steroid dienone is 1. The Bertz CT molecular complexity index is 352. The van der Waals surface area contributed by atoms with Gasteiger partial charge in [-0.3, -0.25) is 4.79 Å². The summed E-state index contributed by atoms with van der Waals surface area (Å²) in [5, 5.41) is 0. The fourth-order valence-electron chi connectivity index (χ4n) is 1.14. The minimum atomic E-state index is -0.0556. The number of hydrogen-bond acceptors (Lipinski definition) is 2. The Morgan fingerprint density at radius 3 is 2.75 bits per heavy atom. The van der Waals surface area contributed by atoms with Gasteiger partial charge in [0, 0.05) is 11.3 Å². The van der Waals surface area contributed by atoms with Crippen LogP contribution in [-0.2, 0) is 6.42 Å². The van der Waals surface area contributed by atoms with Crippen molar-refractivity contribution in [2.24, 2.45) is 0 Å². The van der Waals surface area contributed by atoms with Crippen molar-refractivity contribution in [3.05, 3.63) is 40.1 Å². The van der Waals surface area contributed by atoms with Crippen molar-refractivity contribution in [2.75, 3.05) is 0 Å². The standard InChI is InChI=1S/C9H12N2O/c1-4-5-8-6(2)10-7(3)11-9(8)12/h4H,1,5H2,2-3H3,(H,10,11,12). The lowest BCUT2D eigenvalue weighted by Crippen LogP contribution is -2.16. The van der Waals surface area contributed by atoms with Gasteiger partial charge in [-0.25, -0.2) is 4.98 Å². The number of hydrogen-bond donors (Lipinski definition) is 1. The van der Waals surface area contributed by atoms with Crippen LogP contribution >= 0.6 is 0 Å². The molecule has 0 saturated heterocycles. The molecule has 0 amide bonds. The summed E-state index contributed by atoms with van der Waals surface area (Å²) in [6.45, 7) is 7.18. The highest BCUT2D eigenvalue weighted by molar-refractivity contribution is 5.18. The second-order valence-electron chi connectivity index (χ2n) is 2.71. The number of aromatic nitrogens is 2. The minimum absolute atomic E-state index is 0.0556. The molecule has 0 aliphatic rings. The highest BCUT2D eigenvalue weighted by Crippen LogP contribution is 1.99. The van der Waals surface area contributed by atoms with Crippen molar-refractivity contribution in [3.8, 4) is 0 Å². The van der Waals surface area contributed by atoms with Gasteiger partial charge in [0.15, 0.2) is 0 Å². The van der Waals surface area contributed by atoms with E-state index in [9.17, 15) is 4.79 Å². The lowest BCUT2D eigenvalue weighted by atomic mass is 10.2. The SMILES string of the molecule is C=CCc1c(C)nc(C)[nH]c1=O. The van der Waals surface area contributed by atoms with E-state index in [2.05, 4.69) is 16.5 Å². The van der Waals surface area contributed by atoms with Crippen LogP contribution in [0, 0.1) is 13.8 Å². The normalized spacial score (nSPS) is 9.83. The molecule has 0 aromatic carbocycles. The molecular weight excluding hydrogens is 152 g/mol. The maximum absolute atomic E-state index is 11.3. The van der Waals surface area contributed by atoms with E-state index in [4.69, 9.17) is 0 Å². The van der Waals surface area contributed by atoms with E-state index in [1.54, 1.807) is 13.0 Å². The maximum atomic E-state index is 11.3. The third-order valence-electron chi connectivity index (χ3n) is 1.69. The van der Waals surface area contributed by atoms with Crippen LogP contribution in [0.15, 0.2) is 17.4 Å². The zero-order valence-electron chi connectivity index (χ0n) is 7.35. The van der Waals surface area contributed by atoms with Crippen LogP contribution in [0.5, 0.6) is 0 Å². The van der Waals surface area contributed by atoms with E-state index >= 15 is 0 Å². The van der Waals surface area contributed by atoms with Gasteiger partial charge in [-0.2, -0.15) is 0 Å². The molecule has 1 aromatic heterocycles. The molecule has 0 aliphatic carbocycles. The molecular formula is C9H12N2O. The van der Waals surface area contributed by atoms with Crippen LogP contribution in [0.4, 0.5) is 0 Å². The summed E-state index contributed by atoms with van der Waals surface area (Å²) in [6.07, 6.45) is 2.28. The second kappa shape index (κ2) is 3.34. The lowest BCUT2D eigenvalue weighted by molar-refractivity contribution is 0.935. The number of rotatable bonds is 2. The second-order valence-corrected chi connectivity index (χ2v) is 2.71. The number of nitrogens with zero attached hydrogens (tertiary/aromatic N) is 1. The van der Waals surface area contributed by atoms with Crippen molar-refractivity contribution >= 4 is 0 Å². The smallest absolute Gasteiger partial charge is 0.254 e. The molecule has 0 fully saturated rings. The third-order valence-corrected chi connectivity index (χ3v) is 1.69. The molecule has 12 heavy (non-hydrogen) atoms. The molecule has 0 radical (unpaired) electrons. The van der Waals surface area contributed by atoms with E-state index in [1.165, 1.54) is 0 Å². The zero-order valence-corrected chi connectivity index (χ0v) is 7.35. The van der Waals surface area contributed by atoms with Gasteiger partial charge in [0.25, 0.3) is 5.56 Å². The summed E-state index contributed by atoms with van der Waals surface area (Å²) < 4.78 is 0. The Labute approximate surface area is 71.2 Å². The topological polar surface area (TPSA) is 45.8 Å². The number of nitrogens with one attached hydrogen (secondary N) is 1. The van der Waals surface area contributed by atoms with Crippen LogP contribution < -0.4 is 5.56 Å². The Kier molecular flexibility index (Phi) is 2.43. The van der Waals surface area contributed by atoms with Gasteiger partial charge < -0.3 is 4.98 Å². The summed E-state index contributed by atoms with van der Waals surface area (Å²) in [5.41, 5.74) is 1.44. The summed E-state index contributed by atoms with van der Waals surface area (Å²) in [5.74, 6) is 0.658. The third kappa shape index (κ3) is 1.61. The van der Waals surface area contributed by atoms with E-state index in [1.807, 2.05) is 6.92 Å². The molecule has 1 aromatic rings. The first-order chi connectivity index (χ1) is 5.65. The van der Waals surface area contributed by atoms with Gasteiger partial charge in [-0.05, 0) is 20.3 Å². The number of aryl methyl sites for hydroxylation is 2. The first kappa shape index (κ1) is 8.71. The first-order valence-electron chi connectivity index (χ1n) is 3.82. The molecule has 1 heterocycles. The summed E-state index contributed by atoms with van der Waals surface area (Å²) in [6, 6.07) is 0. The molecule has 0 spiro atoms. The van der Waals surface area contributed by atoms with Gasteiger partial charge in [0.1, 0.15) is 5.82 Å². The Morgan fingerprint density at radius 1 is 1.58 bits per heavy atom. The highest BCUT2D eigenvalue weighted by Gasteiger charge is 2.03. The minimum Gasteiger partial charge on any atom is -0.311 e. The molecule has 0 atom stereocenters. The lowest BCUT2D eigenvalue weighted by Gasteiger charge is -2.01. The van der Waals surface area contributed by atoms with Crippen LogP contribution in [0.1, 0.15) is 17.1 Å². The van der Waals surface area contributed by atoms with E-state index in [0.29, 0.717) is 17.8 Å². The highest BCUT2D eigenvalue weighted by atomic mass is 16.1. The zero-order chi connectivity index (χ0) is 9.14. The Balaban J connectivity index is 3.28. The average molecular weight is 164 g/mol. The van der Waals surface area contributed by atoms with Crippen molar-refractivity contribution in [1.29, 1.82) is 0 Å². The number of aromatic amines is 1. The summed E-state index contributed by atoms with van der Waals surface area (Å²) in [4.78, 5) is 18.1. The van der Waals surface area contributed by atoms with Crippen LogP contribution in [-0.4, -0.2) is 9.97 Å². The van der Waals surface area contributed by atoms with E-state index < -0.39 is 0 Å². The molecule has 0 bridgehead atoms. The van der Waals surface area contributed by atoms with Gasteiger partial charge in [0.05, 0.1) is 0 Å². The van der Waals surface area contributed by atoms with Gasteiger partial charge >= 0.3 is 0 Å². The molecule has 64 valence electrons. The van der Waals surface area contributed by atoms with Crippen molar-refractivity contribution in [2.45, 2.75) is 20.3 Å². The van der Waals surface area contributed by atoms with Crippen LogP contribution in [0.2, 0.25) is 0 Å². The quantitative estimate of drug-likeness (QED) is 0.665. The summed E-state index contributed by atoms with van der Waals surface area (Å²) >= 11 is 0. The average Bonchev–Trinajstić information content (AvgIpc) is 1.96. The van der Waals surface area contributed by atoms with Gasteiger partial charge in [0.2, 0.25) is 0 Å². The largest absolute Gasteiger partial charge is 0.311 e. The Hall–Kier alpha value is -1.38. The fraction of sp³-hybridized carbons (Fsp3) is 0.333. The maximum Gasteiger partial charge on any atom is 0.254 e. The van der Waals surface area contributed by atoms with Crippen molar-refractivity contribution in [1.82, 2.24) is 9.97 Å². The molecule has 0 unspecified atom stereocenters. The van der Waals surface area contributed by atoms with Crippen LogP contribution in [0.25, 0.3) is 0 Å². The molecule has 3 heteroatoms. The van der Waals surface area contributed by atoms with Crippen LogP contribution in [0.3, 0.4) is 0 Å². The van der Waals surface area contributed by atoms with Gasteiger partial charge in [-0.1, -0.05) is 6.08 Å². The predicted octanol–water partition coefficient (Wildman–Crippen LogP) is 1.12. The summed E-state index contributed by atoms with van der Waals surface area (Å²) in [7, 11) is 0. The molecule has 3 nitrogen and oxygen atoms in total. The fourth-order valence-corrected chi connectivity index (χ4v) is 1.14. The molecule has 0 saturated carbocycles. The van der Waals surface area contributed by atoms with Crippen molar-refractivity contribution < 1.29 is 0 Å². The van der Waals surface area contributed by atoms with E-state index in [0.717, 1.165) is 5.69 Å².